The summed E-state index contributed by atoms with van der Waals surface area (Å²) < 4.78 is 41.5. The first-order chi connectivity index (χ1) is 11.9. The van der Waals surface area contributed by atoms with Gasteiger partial charge < -0.3 is 5.11 Å². The minimum atomic E-state index is -3.48. The first-order valence-electron chi connectivity index (χ1n) is 7.78. The van der Waals surface area contributed by atoms with Crippen LogP contribution in [0.5, 0.6) is 0 Å². The van der Waals surface area contributed by atoms with Crippen LogP contribution in [0.4, 0.5) is 4.39 Å². The molecule has 136 valence electrons. The van der Waals surface area contributed by atoms with Crippen molar-refractivity contribution in [3.8, 4) is 0 Å². The molecule has 1 aliphatic rings. The van der Waals surface area contributed by atoms with Crippen LogP contribution in [0.25, 0.3) is 0 Å². The lowest BCUT2D eigenvalue weighted by Gasteiger charge is -2.34. The van der Waals surface area contributed by atoms with Crippen LogP contribution in [-0.2, 0) is 10.0 Å². The second-order valence-corrected chi connectivity index (χ2v) is 10.4. The molecule has 2 heterocycles. The maximum absolute atomic E-state index is 13.7. The summed E-state index contributed by atoms with van der Waals surface area (Å²) in [5.74, 6) is -0.431. The van der Waals surface area contributed by atoms with Crippen LogP contribution in [0, 0.1) is 5.82 Å². The van der Waals surface area contributed by atoms with Crippen molar-refractivity contribution in [2.24, 2.45) is 0 Å². The monoisotopic (exact) mass is 448 g/mol. The van der Waals surface area contributed by atoms with Crippen molar-refractivity contribution in [2.45, 2.75) is 10.3 Å². The molecule has 1 atom stereocenters. The highest BCUT2D eigenvalue weighted by molar-refractivity contribution is 9.11. The fraction of sp³-hybridized carbons (Fsp3) is 0.375. The SMILES string of the molecule is O=S(=O)(c1ccc(Br)s1)N1CCN(C[C@@H](O)c2ccccc2F)CC1. The number of piperazine rings is 1. The minimum Gasteiger partial charge on any atom is -0.387 e. The largest absolute Gasteiger partial charge is 0.387 e. The molecule has 25 heavy (non-hydrogen) atoms. The first-order valence-corrected chi connectivity index (χ1v) is 10.8. The third-order valence-corrected chi connectivity index (χ3v) is 8.16. The third-order valence-electron chi connectivity index (χ3n) is 4.17. The summed E-state index contributed by atoms with van der Waals surface area (Å²) in [6.45, 7) is 1.97. The zero-order valence-electron chi connectivity index (χ0n) is 13.3. The summed E-state index contributed by atoms with van der Waals surface area (Å²) in [7, 11) is -3.48. The third kappa shape index (κ3) is 4.29. The van der Waals surface area contributed by atoms with Crippen LogP contribution >= 0.6 is 27.3 Å². The number of hydrogen-bond acceptors (Lipinski definition) is 5. The van der Waals surface area contributed by atoms with E-state index >= 15 is 0 Å². The highest BCUT2D eigenvalue weighted by Gasteiger charge is 2.30. The molecule has 0 unspecified atom stereocenters. The molecule has 1 aromatic carbocycles. The Morgan fingerprint density at radius 1 is 1.16 bits per heavy atom. The van der Waals surface area contributed by atoms with Gasteiger partial charge in [0.05, 0.1) is 9.89 Å². The number of sulfonamides is 1. The molecule has 0 aliphatic carbocycles. The van der Waals surface area contributed by atoms with Crippen molar-refractivity contribution >= 4 is 37.3 Å². The number of β-amino-alcohol motifs (C(OH)–C–C–N with tert-alkyl or cyclic N) is 1. The van der Waals surface area contributed by atoms with Gasteiger partial charge in [-0.1, -0.05) is 18.2 Å². The quantitative estimate of drug-likeness (QED) is 0.763. The van der Waals surface area contributed by atoms with E-state index < -0.39 is 21.9 Å². The summed E-state index contributed by atoms with van der Waals surface area (Å²) >= 11 is 4.47. The van der Waals surface area contributed by atoms with E-state index in [1.165, 1.54) is 21.7 Å². The first kappa shape index (κ1) is 18.9. The van der Waals surface area contributed by atoms with Crippen molar-refractivity contribution in [3.05, 3.63) is 51.6 Å². The fourth-order valence-corrected chi connectivity index (χ4v) is 6.39. The summed E-state index contributed by atoms with van der Waals surface area (Å²) in [5, 5.41) is 10.2. The van der Waals surface area contributed by atoms with Crippen molar-refractivity contribution in [3.63, 3.8) is 0 Å². The Hall–Kier alpha value is -0.840. The summed E-state index contributed by atoms with van der Waals surface area (Å²) in [4.78, 5) is 1.95. The lowest BCUT2D eigenvalue weighted by molar-refractivity contribution is 0.0899. The molecular weight excluding hydrogens is 431 g/mol. The lowest BCUT2D eigenvalue weighted by atomic mass is 10.1. The Labute approximate surface area is 158 Å². The average molecular weight is 449 g/mol. The number of aliphatic hydroxyl groups is 1. The molecule has 0 saturated carbocycles. The van der Waals surface area contributed by atoms with Gasteiger partial charge in [-0.3, -0.25) is 4.90 Å². The normalized spacial score (nSPS) is 18.4. The van der Waals surface area contributed by atoms with E-state index in [1.54, 1.807) is 30.3 Å². The van der Waals surface area contributed by atoms with Gasteiger partial charge >= 0.3 is 0 Å². The molecule has 3 rings (SSSR count). The van der Waals surface area contributed by atoms with E-state index in [-0.39, 0.29) is 12.1 Å². The topological polar surface area (TPSA) is 60.9 Å². The van der Waals surface area contributed by atoms with Gasteiger partial charge in [-0.05, 0) is 34.1 Å². The van der Waals surface area contributed by atoms with Crippen molar-refractivity contribution < 1.29 is 17.9 Å². The predicted octanol–water partition coefficient (Wildman–Crippen LogP) is 2.69. The second-order valence-electron chi connectivity index (χ2n) is 5.80. The molecule has 9 heteroatoms. The van der Waals surface area contributed by atoms with E-state index in [1.807, 2.05) is 4.90 Å². The Balaban J connectivity index is 1.60. The molecule has 1 aromatic heterocycles. The highest BCUT2D eigenvalue weighted by Crippen LogP contribution is 2.29. The molecule has 1 fully saturated rings. The zero-order valence-corrected chi connectivity index (χ0v) is 16.5. The van der Waals surface area contributed by atoms with Gasteiger partial charge in [0.1, 0.15) is 10.0 Å². The van der Waals surface area contributed by atoms with Gasteiger partial charge in [-0.15, -0.1) is 11.3 Å². The summed E-state index contributed by atoms with van der Waals surface area (Å²) in [5.41, 5.74) is 0.265. The van der Waals surface area contributed by atoms with Crippen LogP contribution in [0.3, 0.4) is 0 Å². The standard InChI is InChI=1S/C16H18BrFN2O3S2/c17-15-5-6-16(24-15)25(22,23)20-9-7-19(8-10-20)11-14(21)12-3-1-2-4-13(12)18/h1-6,14,21H,7-11H2/t14-/m1/s1. The molecule has 0 bridgehead atoms. The Morgan fingerprint density at radius 2 is 1.84 bits per heavy atom. The number of thiophene rings is 1. The zero-order chi connectivity index (χ0) is 18.0. The number of aliphatic hydroxyl groups excluding tert-OH is 1. The van der Waals surface area contributed by atoms with Crippen molar-refractivity contribution in [1.82, 2.24) is 9.21 Å². The van der Waals surface area contributed by atoms with Gasteiger partial charge in [0.15, 0.2) is 0 Å². The van der Waals surface area contributed by atoms with Crippen LogP contribution in [0.2, 0.25) is 0 Å². The molecule has 1 saturated heterocycles. The molecule has 1 N–H and O–H groups in total. The van der Waals surface area contributed by atoms with E-state index in [9.17, 15) is 17.9 Å². The fourth-order valence-electron chi connectivity index (χ4n) is 2.80. The summed E-state index contributed by atoms with van der Waals surface area (Å²) in [6, 6.07) is 9.47. The van der Waals surface area contributed by atoms with E-state index in [0.717, 1.165) is 3.79 Å². The lowest BCUT2D eigenvalue weighted by Crippen LogP contribution is -2.49. The number of benzene rings is 1. The van der Waals surface area contributed by atoms with Crippen molar-refractivity contribution in [1.29, 1.82) is 0 Å². The molecule has 0 radical (unpaired) electrons. The predicted molar refractivity (Wildman–Crippen MR) is 98.6 cm³/mol. The van der Waals surface area contributed by atoms with Gasteiger partial charge in [-0.25, -0.2) is 12.8 Å². The van der Waals surface area contributed by atoms with Gasteiger partial charge in [0, 0.05) is 38.3 Å². The van der Waals surface area contributed by atoms with Crippen molar-refractivity contribution in [2.75, 3.05) is 32.7 Å². The van der Waals surface area contributed by atoms with Gasteiger partial charge in [0.25, 0.3) is 10.0 Å². The maximum atomic E-state index is 13.7. The number of rotatable bonds is 5. The van der Waals surface area contributed by atoms with Crippen LogP contribution in [-0.4, -0.2) is 55.5 Å². The molecule has 0 amide bonds. The van der Waals surface area contributed by atoms with Gasteiger partial charge in [-0.2, -0.15) is 4.31 Å². The maximum Gasteiger partial charge on any atom is 0.252 e. The molecule has 5 nitrogen and oxygen atoms in total. The van der Waals surface area contributed by atoms with Crippen LogP contribution in [0.1, 0.15) is 11.7 Å². The Morgan fingerprint density at radius 3 is 2.44 bits per heavy atom. The number of hydrogen-bond donors (Lipinski definition) is 1. The smallest absolute Gasteiger partial charge is 0.252 e. The molecular formula is C16H18BrFN2O3S2. The Kier molecular flexibility index (Phi) is 5.92. The average Bonchev–Trinajstić information content (AvgIpc) is 3.03. The van der Waals surface area contributed by atoms with Crippen LogP contribution in [0.15, 0.2) is 44.4 Å². The Bertz CT molecular complexity index is 835. The minimum absolute atomic E-state index is 0.265. The molecule has 1 aliphatic heterocycles. The molecule has 0 spiro atoms. The number of nitrogens with zero attached hydrogens (tertiary/aromatic N) is 2. The summed E-state index contributed by atoms with van der Waals surface area (Å²) in [6.07, 6.45) is -0.933. The highest BCUT2D eigenvalue weighted by atomic mass is 79.9. The van der Waals surface area contributed by atoms with Gasteiger partial charge in [0.2, 0.25) is 0 Å². The van der Waals surface area contributed by atoms with E-state index in [2.05, 4.69) is 15.9 Å². The number of halogens is 2. The molecule has 2 aromatic rings. The van der Waals surface area contributed by atoms with E-state index in [0.29, 0.717) is 30.4 Å². The van der Waals surface area contributed by atoms with E-state index in [4.69, 9.17) is 0 Å². The second kappa shape index (κ2) is 7.81. The van der Waals surface area contributed by atoms with Crippen LogP contribution < -0.4 is 0 Å².